The minimum atomic E-state index is 0.371. The fourth-order valence-corrected chi connectivity index (χ4v) is 2.83. The first-order valence-electron chi connectivity index (χ1n) is 6.19. The van der Waals surface area contributed by atoms with E-state index >= 15 is 0 Å². The molecule has 0 bridgehead atoms. The fourth-order valence-electron chi connectivity index (χ4n) is 1.77. The summed E-state index contributed by atoms with van der Waals surface area (Å²) < 4.78 is 0. The molecule has 3 N–H and O–H groups in total. The van der Waals surface area contributed by atoms with E-state index in [0.29, 0.717) is 4.99 Å². The summed E-state index contributed by atoms with van der Waals surface area (Å²) in [4.78, 5) is 7.51. The van der Waals surface area contributed by atoms with Crippen molar-refractivity contribution >= 4 is 34.4 Å². The lowest BCUT2D eigenvalue weighted by molar-refractivity contribution is 1.11. The van der Waals surface area contributed by atoms with Gasteiger partial charge in [-0.15, -0.1) is 11.3 Å². The minimum absolute atomic E-state index is 0.371. The van der Waals surface area contributed by atoms with Gasteiger partial charge in [0.15, 0.2) is 0 Å². The molecule has 0 spiro atoms. The van der Waals surface area contributed by atoms with Gasteiger partial charge in [-0.05, 0) is 37.6 Å². The molecule has 19 heavy (non-hydrogen) atoms. The van der Waals surface area contributed by atoms with Crippen molar-refractivity contribution in [3.63, 3.8) is 0 Å². The first kappa shape index (κ1) is 14.0. The highest BCUT2D eigenvalue weighted by molar-refractivity contribution is 7.80. The first-order valence-corrected chi connectivity index (χ1v) is 7.41. The van der Waals surface area contributed by atoms with E-state index in [1.807, 2.05) is 30.4 Å². The van der Waals surface area contributed by atoms with E-state index in [-0.39, 0.29) is 0 Å². The zero-order valence-electron chi connectivity index (χ0n) is 11.1. The number of thiocarbonyl (C=S) groups is 1. The number of thiophene rings is 1. The summed E-state index contributed by atoms with van der Waals surface area (Å²) in [6, 6.07) is 8.14. The molecule has 0 aromatic carbocycles. The average Bonchev–Trinajstić information content (AvgIpc) is 2.84. The number of hydrogen-bond acceptors (Lipinski definition) is 4. The zero-order chi connectivity index (χ0) is 13.8. The van der Waals surface area contributed by atoms with E-state index in [1.54, 1.807) is 0 Å². The van der Waals surface area contributed by atoms with Crippen LogP contribution in [0.15, 0.2) is 24.3 Å². The van der Waals surface area contributed by atoms with Crippen molar-refractivity contribution in [2.75, 3.05) is 5.32 Å². The van der Waals surface area contributed by atoms with Crippen molar-refractivity contribution in [3.8, 4) is 0 Å². The molecule has 0 aliphatic carbocycles. The molecule has 0 aliphatic heterocycles. The van der Waals surface area contributed by atoms with Gasteiger partial charge in [0.25, 0.3) is 0 Å². The van der Waals surface area contributed by atoms with Crippen LogP contribution in [0.5, 0.6) is 0 Å². The molecular formula is C14H17N3S2. The maximum absolute atomic E-state index is 5.71. The lowest BCUT2D eigenvalue weighted by Gasteiger charge is -2.10. The second kappa shape index (κ2) is 6.12. The lowest BCUT2D eigenvalue weighted by atomic mass is 10.2. The number of aromatic nitrogens is 1. The molecule has 2 aromatic heterocycles. The van der Waals surface area contributed by atoms with Crippen molar-refractivity contribution in [1.29, 1.82) is 0 Å². The van der Waals surface area contributed by atoms with Crippen LogP contribution < -0.4 is 11.1 Å². The summed E-state index contributed by atoms with van der Waals surface area (Å²) in [5.41, 5.74) is 7.46. The predicted molar refractivity (Wildman–Crippen MR) is 85.9 cm³/mol. The largest absolute Gasteiger partial charge is 0.389 e. The van der Waals surface area contributed by atoms with Crippen LogP contribution in [0.1, 0.15) is 27.9 Å². The van der Waals surface area contributed by atoms with Gasteiger partial charge in [-0.1, -0.05) is 19.1 Å². The van der Waals surface area contributed by atoms with Gasteiger partial charge in [-0.25, -0.2) is 4.98 Å². The Labute approximate surface area is 122 Å². The van der Waals surface area contributed by atoms with Crippen molar-refractivity contribution < 1.29 is 0 Å². The Bertz CT molecular complexity index is 590. The average molecular weight is 291 g/mol. The summed E-state index contributed by atoms with van der Waals surface area (Å²) in [5.74, 6) is 0.763. The SMILES string of the molecule is CCc1ccc(CNc2nc(C)ccc2C(N)=S)s1. The number of aryl methyl sites for hydroxylation is 2. The summed E-state index contributed by atoms with van der Waals surface area (Å²) in [6.07, 6.45) is 1.07. The van der Waals surface area contributed by atoms with Crippen LogP contribution in [0.4, 0.5) is 5.82 Å². The molecule has 0 aliphatic rings. The Morgan fingerprint density at radius 3 is 2.68 bits per heavy atom. The van der Waals surface area contributed by atoms with Crippen LogP contribution in [-0.4, -0.2) is 9.97 Å². The molecule has 0 amide bonds. The summed E-state index contributed by atoms with van der Waals surface area (Å²) in [6.45, 7) is 4.86. The lowest BCUT2D eigenvalue weighted by Crippen LogP contribution is -2.14. The molecule has 0 saturated carbocycles. The van der Waals surface area contributed by atoms with E-state index < -0.39 is 0 Å². The highest BCUT2D eigenvalue weighted by atomic mass is 32.1. The molecule has 2 aromatic rings. The van der Waals surface area contributed by atoms with Crippen LogP contribution in [0.2, 0.25) is 0 Å². The molecule has 0 fully saturated rings. The molecule has 0 saturated heterocycles. The third-order valence-corrected chi connectivity index (χ3v) is 4.25. The highest BCUT2D eigenvalue weighted by Crippen LogP contribution is 2.19. The maximum Gasteiger partial charge on any atom is 0.136 e. The predicted octanol–water partition coefficient (Wildman–Crippen LogP) is 3.26. The number of nitrogens with two attached hydrogens (primary N) is 1. The van der Waals surface area contributed by atoms with Gasteiger partial charge in [0.2, 0.25) is 0 Å². The summed E-state index contributed by atoms with van der Waals surface area (Å²) in [7, 11) is 0. The Morgan fingerprint density at radius 1 is 1.32 bits per heavy atom. The van der Waals surface area contributed by atoms with Gasteiger partial charge in [-0.2, -0.15) is 0 Å². The quantitative estimate of drug-likeness (QED) is 0.830. The molecular weight excluding hydrogens is 274 g/mol. The Balaban J connectivity index is 2.14. The maximum atomic E-state index is 5.71. The normalized spacial score (nSPS) is 10.4. The van der Waals surface area contributed by atoms with Crippen molar-refractivity contribution in [3.05, 3.63) is 45.3 Å². The third-order valence-electron chi connectivity index (χ3n) is 2.80. The number of hydrogen-bond donors (Lipinski definition) is 2. The molecule has 100 valence electrons. The van der Waals surface area contributed by atoms with E-state index in [9.17, 15) is 0 Å². The molecule has 2 heterocycles. The second-order valence-electron chi connectivity index (χ2n) is 4.29. The topological polar surface area (TPSA) is 50.9 Å². The van der Waals surface area contributed by atoms with Crippen LogP contribution >= 0.6 is 23.6 Å². The molecule has 0 atom stereocenters. The first-order chi connectivity index (χ1) is 9.10. The van der Waals surface area contributed by atoms with E-state index in [4.69, 9.17) is 18.0 Å². The second-order valence-corrected chi connectivity index (χ2v) is 5.98. The van der Waals surface area contributed by atoms with Gasteiger partial charge in [0, 0.05) is 15.4 Å². The summed E-state index contributed by atoms with van der Waals surface area (Å²) >= 11 is 6.86. The van der Waals surface area contributed by atoms with Gasteiger partial charge in [0.1, 0.15) is 10.8 Å². The monoisotopic (exact) mass is 291 g/mol. The van der Waals surface area contributed by atoms with Crippen LogP contribution in [0.3, 0.4) is 0 Å². The van der Waals surface area contributed by atoms with Crippen LogP contribution in [-0.2, 0) is 13.0 Å². The molecule has 5 heteroatoms. The zero-order valence-corrected chi connectivity index (χ0v) is 12.7. The van der Waals surface area contributed by atoms with E-state index in [0.717, 1.165) is 30.0 Å². The Kier molecular flexibility index (Phi) is 4.50. The number of pyridine rings is 1. The number of rotatable bonds is 5. The number of nitrogens with one attached hydrogen (secondary N) is 1. The smallest absolute Gasteiger partial charge is 0.136 e. The number of anilines is 1. The third kappa shape index (κ3) is 3.52. The highest BCUT2D eigenvalue weighted by Gasteiger charge is 2.07. The van der Waals surface area contributed by atoms with E-state index in [1.165, 1.54) is 9.75 Å². The Morgan fingerprint density at radius 2 is 2.05 bits per heavy atom. The minimum Gasteiger partial charge on any atom is -0.389 e. The molecule has 0 unspecified atom stereocenters. The fraction of sp³-hybridized carbons (Fsp3) is 0.286. The van der Waals surface area contributed by atoms with Crippen molar-refractivity contribution in [1.82, 2.24) is 4.98 Å². The van der Waals surface area contributed by atoms with Crippen molar-refractivity contribution in [2.24, 2.45) is 5.73 Å². The van der Waals surface area contributed by atoms with Crippen LogP contribution in [0, 0.1) is 6.92 Å². The number of nitrogens with zero attached hydrogens (tertiary/aromatic N) is 1. The van der Waals surface area contributed by atoms with Gasteiger partial charge in [-0.3, -0.25) is 0 Å². The summed E-state index contributed by atoms with van der Waals surface area (Å²) in [5, 5.41) is 3.32. The Hall–Kier alpha value is -1.46. The van der Waals surface area contributed by atoms with Gasteiger partial charge < -0.3 is 11.1 Å². The molecule has 2 rings (SSSR count). The van der Waals surface area contributed by atoms with Crippen LogP contribution in [0.25, 0.3) is 0 Å². The molecule has 3 nitrogen and oxygen atoms in total. The molecule has 0 radical (unpaired) electrons. The van der Waals surface area contributed by atoms with Gasteiger partial charge >= 0.3 is 0 Å². The van der Waals surface area contributed by atoms with E-state index in [2.05, 4.69) is 29.4 Å². The standard InChI is InChI=1S/C14H17N3S2/c1-3-10-5-6-11(19-10)8-16-14-12(13(15)18)7-4-9(2)17-14/h4-7H,3,8H2,1-2H3,(H2,15,18)(H,16,17). The van der Waals surface area contributed by atoms with Crippen molar-refractivity contribution in [2.45, 2.75) is 26.8 Å². The van der Waals surface area contributed by atoms with Gasteiger partial charge in [0.05, 0.1) is 12.1 Å².